The van der Waals surface area contributed by atoms with E-state index in [1.165, 1.54) is 4.90 Å². The topological polar surface area (TPSA) is 99.7 Å². The number of hydrogen-bond donors (Lipinski definition) is 1. The largest absolute Gasteiger partial charge is 0.350 e. The van der Waals surface area contributed by atoms with Gasteiger partial charge in [0.2, 0.25) is 21.8 Å². The number of amides is 2. The Kier molecular flexibility index (Phi) is 10.2. The third-order valence-electron chi connectivity index (χ3n) is 6.43. The predicted octanol–water partition coefficient (Wildman–Crippen LogP) is 4.58. The second-order valence-corrected chi connectivity index (χ2v) is 12.0. The van der Waals surface area contributed by atoms with Crippen LogP contribution in [0.15, 0.2) is 109 Å². The molecule has 0 bridgehead atoms. The fourth-order valence-corrected chi connectivity index (χ4v) is 5.18. The first-order chi connectivity index (χ1) is 19.7. The summed E-state index contributed by atoms with van der Waals surface area (Å²) < 4.78 is 26.7. The van der Waals surface area contributed by atoms with Crippen LogP contribution in [0.2, 0.25) is 5.02 Å². The SMILES string of the molecule is CS(=O)(=O)N(CC(=O)N(Cc1ccc(Cl)cc1)[C@H](C(=O)NCc1cccnc1)c1ccccc1)Cc1ccccc1. The monoisotopic (exact) mass is 590 g/mol. The number of carbonyl (C=O) groups is 2. The minimum Gasteiger partial charge on any atom is -0.350 e. The zero-order valence-corrected chi connectivity index (χ0v) is 24.1. The molecule has 0 spiro atoms. The minimum absolute atomic E-state index is 0.0173. The van der Waals surface area contributed by atoms with Crippen molar-refractivity contribution in [2.24, 2.45) is 0 Å². The highest BCUT2D eigenvalue weighted by atomic mass is 35.5. The van der Waals surface area contributed by atoms with Crippen molar-refractivity contribution in [3.8, 4) is 0 Å². The van der Waals surface area contributed by atoms with E-state index in [1.807, 2.05) is 30.3 Å². The Labute approximate surface area is 245 Å². The summed E-state index contributed by atoms with van der Waals surface area (Å²) in [6, 6.07) is 27.5. The van der Waals surface area contributed by atoms with Gasteiger partial charge >= 0.3 is 0 Å². The lowest BCUT2D eigenvalue weighted by atomic mass is 10.0. The van der Waals surface area contributed by atoms with Gasteiger partial charge in [-0.2, -0.15) is 4.31 Å². The van der Waals surface area contributed by atoms with Gasteiger partial charge in [0.05, 0.1) is 12.8 Å². The lowest BCUT2D eigenvalue weighted by Gasteiger charge is -2.33. The molecule has 212 valence electrons. The van der Waals surface area contributed by atoms with E-state index in [0.29, 0.717) is 10.6 Å². The van der Waals surface area contributed by atoms with E-state index in [4.69, 9.17) is 11.6 Å². The summed E-state index contributed by atoms with van der Waals surface area (Å²) >= 11 is 6.09. The molecule has 4 aromatic rings. The number of pyridine rings is 1. The third-order valence-corrected chi connectivity index (χ3v) is 7.88. The van der Waals surface area contributed by atoms with Crippen molar-refractivity contribution in [1.29, 1.82) is 0 Å². The molecule has 0 radical (unpaired) electrons. The van der Waals surface area contributed by atoms with E-state index in [9.17, 15) is 18.0 Å². The Morgan fingerprint density at radius 2 is 1.44 bits per heavy atom. The Balaban J connectivity index is 1.69. The van der Waals surface area contributed by atoms with Crippen LogP contribution in [0.25, 0.3) is 0 Å². The van der Waals surface area contributed by atoms with Gasteiger partial charge in [-0.05, 0) is 40.5 Å². The summed E-state index contributed by atoms with van der Waals surface area (Å²) in [5, 5.41) is 3.46. The van der Waals surface area contributed by atoms with Crippen LogP contribution >= 0.6 is 11.6 Å². The molecule has 2 amide bonds. The average molecular weight is 591 g/mol. The van der Waals surface area contributed by atoms with Crippen LogP contribution in [0.4, 0.5) is 0 Å². The van der Waals surface area contributed by atoms with Gasteiger partial charge in [-0.1, -0.05) is 90.5 Å². The van der Waals surface area contributed by atoms with Crippen LogP contribution in [0.3, 0.4) is 0 Å². The van der Waals surface area contributed by atoms with E-state index in [1.54, 1.807) is 79.1 Å². The normalized spacial score (nSPS) is 12.1. The van der Waals surface area contributed by atoms with Crippen molar-refractivity contribution in [2.75, 3.05) is 12.8 Å². The molecule has 8 nitrogen and oxygen atoms in total. The molecular formula is C31H31ClN4O4S. The van der Waals surface area contributed by atoms with E-state index in [-0.39, 0.29) is 19.6 Å². The Hall–Kier alpha value is -4.05. The van der Waals surface area contributed by atoms with E-state index in [2.05, 4.69) is 10.3 Å². The van der Waals surface area contributed by atoms with Crippen LogP contribution in [0.5, 0.6) is 0 Å². The van der Waals surface area contributed by atoms with E-state index >= 15 is 0 Å². The van der Waals surface area contributed by atoms with Crippen molar-refractivity contribution in [3.05, 3.63) is 137 Å². The van der Waals surface area contributed by atoms with Crippen LogP contribution in [0.1, 0.15) is 28.3 Å². The van der Waals surface area contributed by atoms with Gasteiger partial charge in [0.1, 0.15) is 6.04 Å². The maximum absolute atomic E-state index is 14.1. The number of carbonyl (C=O) groups excluding carboxylic acids is 2. The van der Waals surface area contributed by atoms with Gasteiger partial charge < -0.3 is 10.2 Å². The second-order valence-electron chi connectivity index (χ2n) is 9.56. The van der Waals surface area contributed by atoms with Crippen molar-refractivity contribution in [3.63, 3.8) is 0 Å². The number of benzene rings is 3. The number of aromatic nitrogens is 1. The molecule has 0 saturated carbocycles. The van der Waals surface area contributed by atoms with Gasteiger partial charge in [0, 0.05) is 37.1 Å². The van der Waals surface area contributed by atoms with Crippen LogP contribution in [-0.2, 0) is 39.2 Å². The molecule has 0 unspecified atom stereocenters. The number of nitrogens with one attached hydrogen (secondary N) is 1. The molecule has 0 saturated heterocycles. The highest BCUT2D eigenvalue weighted by Crippen LogP contribution is 2.25. The minimum atomic E-state index is -3.77. The zero-order valence-electron chi connectivity index (χ0n) is 22.6. The van der Waals surface area contributed by atoms with E-state index in [0.717, 1.165) is 27.3 Å². The standard InChI is InChI=1S/C31H31ClN4O4S/c1-41(39,40)35(21-24-9-4-2-5-10-24)23-29(37)36(22-25-14-16-28(32)17-15-25)30(27-12-6-3-7-13-27)31(38)34-20-26-11-8-18-33-19-26/h2-19,30H,20-23H2,1H3,(H,34,38)/t30-/m0/s1. The summed E-state index contributed by atoms with van der Waals surface area (Å²) in [6.07, 6.45) is 4.37. The summed E-state index contributed by atoms with van der Waals surface area (Å²) in [4.78, 5) is 33.4. The summed E-state index contributed by atoms with van der Waals surface area (Å²) in [6.45, 7) is -0.161. The van der Waals surface area contributed by atoms with Gasteiger partial charge in [-0.3, -0.25) is 14.6 Å². The highest BCUT2D eigenvalue weighted by Gasteiger charge is 2.33. The number of sulfonamides is 1. The Morgan fingerprint density at radius 1 is 0.829 bits per heavy atom. The first-order valence-corrected chi connectivity index (χ1v) is 15.2. The van der Waals surface area contributed by atoms with Gasteiger partial charge in [-0.25, -0.2) is 8.42 Å². The quantitative estimate of drug-likeness (QED) is 0.260. The molecule has 41 heavy (non-hydrogen) atoms. The van der Waals surface area contributed by atoms with Crippen molar-refractivity contribution in [2.45, 2.75) is 25.7 Å². The summed E-state index contributed by atoms with van der Waals surface area (Å²) in [7, 11) is -3.77. The lowest BCUT2D eigenvalue weighted by Crippen LogP contribution is -2.47. The number of hydrogen-bond acceptors (Lipinski definition) is 5. The molecular weight excluding hydrogens is 560 g/mol. The Morgan fingerprint density at radius 3 is 2.05 bits per heavy atom. The van der Waals surface area contributed by atoms with Crippen LogP contribution in [-0.4, -0.2) is 47.2 Å². The smallest absolute Gasteiger partial charge is 0.247 e. The van der Waals surface area contributed by atoms with Crippen LogP contribution in [0, 0.1) is 0 Å². The van der Waals surface area contributed by atoms with Gasteiger partial charge in [0.15, 0.2) is 0 Å². The maximum atomic E-state index is 14.1. The highest BCUT2D eigenvalue weighted by molar-refractivity contribution is 7.88. The molecule has 0 fully saturated rings. The molecule has 1 heterocycles. The predicted molar refractivity (Wildman–Crippen MR) is 159 cm³/mol. The molecule has 4 rings (SSSR count). The lowest BCUT2D eigenvalue weighted by molar-refractivity contribution is -0.141. The molecule has 0 aliphatic carbocycles. The maximum Gasteiger partial charge on any atom is 0.247 e. The molecule has 1 N–H and O–H groups in total. The molecule has 1 aromatic heterocycles. The Bertz CT molecular complexity index is 1540. The zero-order chi connectivity index (χ0) is 29.2. The van der Waals surface area contributed by atoms with E-state index < -0.39 is 34.4 Å². The summed E-state index contributed by atoms with van der Waals surface area (Å²) in [5.41, 5.74) is 2.86. The van der Waals surface area contributed by atoms with Crippen LogP contribution < -0.4 is 5.32 Å². The first kappa shape index (κ1) is 29.9. The van der Waals surface area contributed by atoms with Crippen molar-refractivity contribution >= 4 is 33.4 Å². The molecule has 1 atom stereocenters. The van der Waals surface area contributed by atoms with Crippen molar-refractivity contribution in [1.82, 2.24) is 19.5 Å². The molecule has 10 heteroatoms. The average Bonchev–Trinajstić information content (AvgIpc) is 2.97. The summed E-state index contributed by atoms with van der Waals surface area (Å²) in [5.74, 6) is -0.928. The first-order valence-electron chi connectivity index (χ1n) is 13.0. The fraction of sp³-hybridized carbons (Fsp3) is 0.194. The van der Waals surface area contributed by atoms with Crippen molar-refractivity contribution < 1.29 is 18.0 Å². The fourth-order valence-electron chi connectivity index (χ4n) is 4.33. The number of halogens is 1. The molecule has 3 aromatic carbocycles. The molecule has 0 aliphatic heterocycles. The van der Waals surface area contributed by atoms with Gasteiger partial charge in [-0.15, -0.1) is 0 Å². The molecule has 0 aliphatic rings. The second kappa shape index (κ2) is 14.0. The number of nitrogens with zero attached hydrogens (tertiary/aromatic N) is 3. The third kappa shape index (κ3) is 8.72. The number of rotatable bonds is 12. The van der Waals surface area contributed by atoms with Gasteiger partial charge in [0.25, 0.3) is 0 Å².